The quantitative estimate of drug-likeness (QED) is 0.177. The lowest BCUT2D eigenvalue weighted by atomic mass is 10.0. The van der Waals surface area contributed by atoms with Crippen LogP contribution in [0.15, 0.2) is 85.2 Å². The molecule has 37 heavy (non-hydrogen) atoms. The summed E-state index contributed by atoms with van der Waals surface area (Å²) in [6.07, 6.45) is 8.42. The first-order chi connectivity index (χ1) is 17.9. The largest absolute Gasteiger partial charge is 0.358 e. The van der Waals surface area contributed by atoms with Gasteiger partial charge in [0.05, 0.1) is 28.8 Å². The van der Waals surface area contributed by atoms with Gasteiger partial charge >= 0.3 is 0 Å². The van der Waals surface area contributed by atoms with Crippen molar-refractivity contribution in [3.8, 4) is 22.6 Å². The van der Waals surface area contributed by atoms with Crippen molar-refractivity contribution >= 4 is 33.6 Å². The molecule has 0 spiro atoms. The fourth-order valence-electron chi connectivity index (χ4n) is 4.46. The van der Waals surface area contributed by atoms with Crippen molar-refractivity contribution in [2.75, 3.05) is 5.32 Å². The van der Waals surface area contributed by atoms with Gasteiger partial charge in [0.1, 0.15) is 11.2 Å². The maximum Gasteiger partial charge on any atom is 0.135 e. The highest BCUT2D eigenvalue weighted by atomic mass is 32.1. The number of nitrogens with one attached hydrogen (secondary N) is 3. The van der Waals surface area contributed by atoms with Crippen LogP contribution in [0.3, 0.4) is 0 Å². The van der Waals surface area contributed by atoms with Crippen molar-refractivity contribution in [1.29, 1.82) is 0 Å². The fourth-order valence-corrected chi connectivity index (χ4v) is 5.23. The summed E-state index contributed by atoms with van der Waals surface area (Å²) in [6, 6.07) is 12.4. The Kier molecular flexibility index (Phi) is 6.88. The summed E-state index contributed by atoms with van der Waals surface area (Å²) in [5, 5.41) is 13.2. The summed E-state index contributed by atoms with van der Waals surface area (Å²) in [4.78, 5) is 14.1. The number of thiophene rings is 1. The minimum absolute atomic E-state index is 0.533. The number of H-pyrrole nitrogens is 2. The number of aromatic nitrogens is 5. The number of aryl methyl sites for hydroxylation is 1. The first kappa shape index (κ1) is 24.5. The van der Waals surface area contributed by atoms with E-state index in [-0.39, 0.29) is 0 Å². The number of rotatable bonds is 9. The average Bonchev–Trinajstić information content (AvgIpc) is 3.62. The second-order valence-electron chi connectivity index (χ2n) is 9.47. The Morgan fingerprint density at radius 1 is 1.19 bits per heavy atom. The molecule has 0 aromatic carbocycles. The average molecular weight is 507 g/mol. The van der Waals surface area contributed by atoms with Crippen LogP contribution >= 0.6 is 11.3 Å². The summed E-state index contributed by atoms with van der Waals surface area (Å²) in [5.74, 6) is 0.533. The smallest absolute Gasteiger partial charge is 0.135 e. The lowest BCUT2D eigenvalue weighted by molar-refractivity contribution is 0.645. The number of hydrogen-bond donors (Lipinski definition) is 3. The Labute approximate surface area is 220 Å². The van der Waals surface area contributed by atoms with Crippen molar-refractivity contribution in [3.63, 3.8) is 0 Å². The topological polar surface area (TPSA) is 82.3 Å². The molecule has 5 heterocycles. The predicted molar refractivity (Wildman–Crippen MR) is 155 cm³/mol. The van der Waals surface area contributed by atoms with Crippen LogP contribution in [0.1, 0.15) is 36.4 Å². The maximum atomic E-state index is 4.99. The Hall–Kier alpha value is -4.23. The number of pyridine rings is 2. The van der Waals surface area contributed by atoms with Crippen molar-refractivity contribution in [1.82, 2.24) is 25.1 Å². The van der Waals surface area contributed by atoms with Gasteiger partial charge in [0, 0.05) is 39.2 Å². The zero-order chi connectivity index (χ0) is 25.9. The molecule has 0 radical (unpaired) electrons. The van der Waals surface area contributed by atoms with Gasteiger partial charge in [-0.3, -0.25) is 10.1 Å². The lowest BCUT2D eigenvalue weighted by Crippen LogP contribution is -2.02. The molecule has 5 rings (SSSR count). The third-order valence-electron chi connectivity index (χ3n) is 6.05. The normalized spacial score (nSPS) is 11.8. The Morgan fingerprint density at radius 3 is 2.81 bits per heavy atom. The highest BCUT2D eigenvalue weighted by Crippen LogP contribution is 2.34. The van der Waals surface area contributed by atoms with Crippen LogP contribution in [-0.4, -0.2) is 25.1 Å². The van der Waals surface area contributed by atoms with Crippen LogP contribution < -0.4 is 5.32 Å². The number of allylic oxidation sites excluding steroid dienone is 3. The van der Waals surface area contributed by atoms with E-state index in [1.165, 1.54) is 4.88 Å². The minimum Gasteiger partial charge on any atom is -0.358 e. The number of anilines is 1. The van der Waals surface area contributed by atoms with Gasteiger partial charge in [-0.1, -0.05) is 45.2 Å². The van der Waals surface area contributed by atoms with Gasteiger partial charge in [-0.2, -0.15) is 5.10 Å². The SMILES string of the molecule is C=C/C=C(/c1cccs1)c1cc(-c2n[nH]c3ccc(-c4cncc(NC(=C)CC(C)C)c4)nc23)[nH]c1C. The van der Waals surface area contributed by atoms with Crippen molar-refractivity contribution in [2.24, 2.45) is 5.92 Å². The molecule has 0 aliphatic carbocycles. The number of aromatic amines is 2. The van der Waals surface area contributed by atoms with Gasteiger partial charge in [0.25, 0.3) is 0 Å². The van der Waals surface area contributed by atoms with Crippen LogP contribution in [-0.2, 0) is 0 Å². The van der Waals surface area contributed by atoms with Crippen LogP contribution in [0, 0.1) is 12.8 Å². The van der Waals surface area contributed by atoms with E-state index in [9.17, 15) is 0 Å². The molecule has 0 fully saturated rings. The van der Waals surface area contributed by atoms with E-state index in [0.717, 1.165) is 68.3 Å². The Balaban J connectivity index is 1.50. The van der Waals surface area contributed by atoms with Crippen LogP contribution in [0.25, 0.3) is 39.3 Å². The second-order valence-corrected chi connectivity index (χ2v) is 10.4. The van der Waals surface area contributed by atoms with Gasteiger partial charge in [0.15, 0.2) is 0 Å². The Morgan fingerprint density at radius 2 is 2.05 bits per heavy atom. The summed E-state index contributed by atoms with van der Waals surface area (Å²) >= 11 is 1.71. The number of hydrogen-bond acceptors (Lipinski definition) is 5. The molecule has 0 aliphatic rings. The van der Waals surface area contributed by atoms with Crippen molar-refractivity contribution in [3.05, 3.63) is 101 Å². The van der Waals surface area contributed by atoms with E-state index >= 15 is 0 Å². The standard InChI is InChI=1S/C30H30N6S/c1-6-8-23(28-9-7-12-37-28)24-15-27(33-20(24)5)30-29-26(35-36-30)11-10-25(34-29)21-14-22(17-31-16-21)32-19(4)13-18(2)3/h6-12,14-18,32-33H,1,4,13H2,2-3,5H3,(H,35,36)/b23-8+. The van der Waals surface area contributed by atoms with Crippen LogP contribution in [0.2, 0.25) is 0 Å². The molecule has 0 amide bonds. The minimum atomic E-state index is 0.533. The molecule has 186 valence electrons. The van der Waals surface area contributed by atoms with Crippen LogP contribution in [0.5, 0.6) is 0 Å². The fraction of sp³-hybridized carbons (Fsp3) is 0.167. The van der Waals surface area contributed by atoms with E-state index < -0.39 is 0 Å². The molecule has 0 atom stereocenters. The van der Waals surface area contributed by atoms with Gasteiger partial charge in [-0.15, -0.1) is 11.3 Å². The molecule has 7 heteroatoms. The van der Waals surface area contributed by atoms with Gasteiger partial charge in [0.2, 0.25) is 0 Å². The van der Waals surface area contributed by atoms with Gasteiger partial charge in [-0.25, -0.2) is 4.98 Å². The molecule has 0 saturated carbocycles. The first-order valence-corrected chi connectivity index (χ1v) is 13.1. The highest BCUT2D eigenvalue weighted by molar-refractivity contribution is 7.11. The van der Waals surface area contributed by atoms with Crippen molar-refractivity contribution < 1.29 is 0 Å². The molecular weight excluding hydrogens is 476 g/mol. The highest BCUT2D eigenvalue weighted by Gasteiger charge is 2.17. The zero-order valence-electron chi connectivity index (χ0n) is 21.3. The molecule has 6 nitrogen and oxygen atoms in total. The van der Waals surface area contributed by atoms with Gasteiger partial charge in [-0.05, 0) is 55.0 Å². The Bertz CT molecular complexity index is 1600. The molecule has 5 aromatic heterocycles. The third kappa shape index (κ3) is 5.17. The molecule has 3 N–H and O–H groups in total. The second kappa shape index (κ2) is 10.4. The van der Waals surface area contributed by atoms with E-state index in [4.69, 9.17) is 4.98 Å². The zero-order valence-corrected chi connectivity index (χ0v) is 22.1. The molecule has 0 bridgehead atoms. The molecule has 0 saturated heterocycles. The van der Waals surface area contributed by atoms with E-state index in [2.05, 4.69) is 95.1 Å². The molecule has 0 unspecified atom stereocenters. The van der Waals surface area contributed by atoms with E-state index in [0.29, 0.717) is 5.92 Å². The van der Waals surface area contributed by atoms with E-state index in [1.54, 1.807) is 11.3 Å². The van der Waals surface area contributed by atoms with Crippen molar-refractivity contribution in [2.45, 2.75) is 27.2 Å². The molecule has 5 aromatic rings. The third-order valence-corrected chi connectivity index (χ3v) is 6.95. The molecule has 0 aliphatic heterocycles. The van der Waals surface area contributed by atoms with Crippen LogP contribution in [0.4, 0.5) is 5.69 Å². The predicted octanol–water partition coefficient (Wildman–Crippen LogP) is 7.97. The van der Waals surface area contributed by atoms with E-state index in [1.807, 2.05) is 30.6 Å². The lowest BCUT2D eigenvalue weighted by Gasteiger charge is -2.12. The summed E-state index contributed by atoms with van der Waals surface area (Å²) in [6.45, 7) is 14.5. The van der Waals surface area contributed by atoms with Gasteiger partial charge < -0.3 is 10.3 Å². The number of nitrogens with zero attached hydrogens (tertiary/aromatic N) is 3. The summed E-state index contributed by atoms with van der Waals surface area (Å²) < 4.78 is 0. The number of fused-ring (bicyclic) bond motifs is 1. The molecular formula is C30H30N6S. The maximum absolute atomic E-state index is 4.99. The summed E-state index contributed by atoms with van der Waals surface area (Å²) in [5.41, 5.74) is 10.3. The first-order valence-electron chi connectivity index (χ1n) is 12.2. The summed E-state index contributed by atoms with van der Waals surface area (Å²) in [7, 11) is 0. The monoisotopic (exact) mass is 506 g/mol.